The number of rotatable bonds is 15. The first kappa shape index (κ1) is 59.2. The maximum atomic E-state index is 2.47. The van der Waals surface area contributed by atoms with Gasteiger partial charge in [-0.2, -0.15) is 0 Å². The predicted octanol–water partition coefficient (Wildman–Crippen LogP) is 26.5. The molecule has 2 heterocycles. The molecule has 0 radical (unpaired) electrons. The molecule has 0 saturated carbocycles. The number of anilines is 6. The van der Waals surface area contributed by atoms with Crippen LogP contribution in [0.25, 0.3) is 133 Å². The van der Waals surface area contributed by atoms with Crippen LogP contribution < -0.4 is 9.80 Å². The van der Waals surface area contributed by atoms with E-state index >= 15 is 0 Å². The number of nitrogens with zero attached hydrogens (tertiary/aromatic N) is 4. The van der Waals surface area contributed by atoms with Gasteiger partial charge >= 0.3 is 0 Å². The van der Waals surface area contributed by atoms with Gasteiger partial charge in [0.25, 0.3) is 0 Å². The molecule has 0 saturated heterocycles. The molecule has 0 aliphatic heterocycles. The topological polar surface area (TPSA) is 16.3 Å². The summed E-state index contributed by atoms with van der Waals surface area (Å²) in [6.45, 7) is 0. The highest BCUT2D eigenvalue weighted by molar-refractivity contribution is 6.11. The molecule has 4 heteroatoms. The summed E-state index contributed by atoms with van der Waals surface area (Å²) in [6.07, 6.45) is 0. The molecular weight excluding hydrogens is 1210 g/mol. The lowest BCUT2D eigenvalue weighted by atomic mass is 9.98. The average Bonchev–Trinajstić information content (AvgIpc) is 1.57. The molecular formula is C96H66N4. The fraction of sp³-hybridized carbons (Fsp3) is 0. The quantitative estimate of drug-likeness (QED) is 0.102. The minimum absolute atomic E-state index is 1.07. The molecule has 470 valence electrons. The third-order valence-electron chi connectivity index (χ3n) is 19.8. The van der Waals surface area contributed by atoms with Gasteiger partial charge in [-0.25, -0.2) is 0 Å². The van der Waals surface area contributed by atoms with Gasteiger partial charge in [0.15, 0.2) is 0 Å². The van der Waals surface area contributed by atoms with Crippen molar-refractivity contribution in [1.82, 2.24) is 9.13 Å². The second kappa shape index (κ2) is 25.7. The van der Waals surface area contributed by atoms with Crippen LogP contribution in [0, 0.1) is 0 Å². The molecule has 0 fully saturated rings. The van der Waals surface area contributed by atoms with Crippen LogP contribution in [0.15, 0.2) is 400 Å². The lowest BCUT2D eigenvalue weighted by Crippen LogP contribution is -2.09. The summed E-state index contributed by atoms with van der Waals surface area (Å²) in [5.41, 5.74) is 29.8. The zero-order chi connectivity index (χ0) is 66.3. The number of aromatic nitrogens is 2. The van der Waals surface area contributed by atoms with Crippen LogP contribution in [0.1, 0.15) is 0 Å². The second-order valence-electron chi connectivity index (χ2n) is 25.7. The Kier molecular flexibility index (Phi) is 15.2. The fourth-order valence-electron chi connectivity index (χ4n) is 14.8. The molecule has 0 amide bonds. The fourth-order valence-corrected chi connectivity index (χ4v) is 14.8. The Bertz CT molecular complexity index is 5820. The summed E-state index contributed by atoms with van der Waals surface area (Å²) in [6, 6.07) is 146. The van der Waals surface area contributed by atoms with Crippen LogP contribution in [-0.2, 0) is 0 Å². The van der Waals surface area contributed by atoms with Crippen LogP contribution in [0.2, 0.25) is 0 Å². The Balaban J connectivity index is 0.660. The summed E-state index contributed by atoms with van der Waals surface area (Å²) >= 11 is 0. The van der Waals surface area contributed by atoms with Gasteiger partial charge in [0.2, 0.25) is 0 Å². The molecule has 0 spiro atoms. The third kappa shape index (κ3) is 11.1. The van der Waals surface area contributed by atoms with Gasteiger partial charge in [0.05, 0.1) is 27.8 Å². The van der Waals surface area contributed by atoms with E-state index in [-0.39, 0.29) is 0 Å². The Hall–Kier alpha value is -13.3. The number of hydrogen-bond acceptors (Lipinski definition) is 2. The highest BCUT2D eigenvalue weighted by Crippen LogP contribution is 2.44. The van der Waals surface area contributed by atoms with Gasteiger partial charge in [-0.1, -0.05) is 279 Å². The molecule has 0 atom stereocenters. The molecule has 0 aliphatic rings. The van der Waals surface area contributed by atoms with Crippen LogP contribution in [0.4, 0.5) is 34.1 Å². The average molecular weight is 1280 g/mol. The van der Waals surface area contributed by atoms with Crippen LogP contribution in [0.3, 0.4) is 0 Å². The minimum atomic E-state index is 1.07. The monoisotopic (exact) mass is 1270 g/mol. The van der Waals surface area contributed by atoms with Crippen molar-refractivity contribution in [2.75, 3.05) is 9.80 Å². The van der Waals surface area contributed by atoms with Crippen LogP contribution >= 0.6 is 0 Å². The highest BCUT2D eigenvalue weighted by atomic mass is 15.1. The van der Waals surface area contributed by atoms with E-state index in [0.29, 0.717) is 0 Å². The summed E-state index contributed by atoms with van der Waals surface area (Å²) in [4.78, 5) is 4.72. The van der Waals surface area contributed by atoms with E-state index in [1.54, 1.807) is 0 Å². The highest BCUT2D eigenvalue weighted by Gasteiger charge is 2.21. The van der Waals surface area contributed by atoms with Crippen molar-refractivity contribution in [3.63, 3.8) is 0 Å². The van der Waals surface area contributed by atoms with Gasteiger partial charge in [0, 0.05) is 66.9 Å². The largest absolute Gasteiger partial charge is 0.311 e. The van der Waals surface area contributed by atoms with E-state index in [9.17, 15) is 0 Å². The summed E-state index contributed by atoms with van der Waals surface area (Å²) in [5.74, 6) is 0. The SMILES string of the molecule is c1ccc(-c2ccc(N(c3ccc(-c4cccc(-c5ccc6c7ccccc7n(-c7ccccc7-c7ccc(N(c8ccc(-c9ccccc9)cc8)c8ccc(-c9ccccc9)cc8)cc7)c6c5)c4)cc3)c3ccc(-c4cccc(-n5c6ccccc6c6ccccc65)c4)cc3)cc2)cc1. The molecule has 0 aliphatic carbocycles. The maximum absolute atomic E-state index is 2.47. The molecule has 100 heavy (non-hydrogen) atoms. The Morgan fingerprint density at radius 2 is 0.440 bits per heavy atom. The number of para-hydroxylation sites is 4. The lowest BCUT2D eigenvalue weighted by Gasteiger charge is -2.26. The first-order valence-corrected chi connectivity index (χ1v) is 34.3. The maximum Gasteiger partial charge on any atom is 0.0547 e. The van der Waals surface area contributed by atoms with Gasteiger partial charge in [-0.05, 0) is 194 Å². The summed E-state index contributed by atoms with van der Waals surface area (Å²) < 4.78 is 4.86. The van der Waals surface area contributed by atoms with E-state index in [1.165, 1.54) is 66.0 Å². The molecule has 0 bridgehead atoms. The molecule has 18 aromatic rings. The van der Waals surface area contributed by atoms with E-state index in [0.717, 1.165) is 101 Å². The summed E-state index contributed by atoms with van der Waals surface area (Å²) in [5, 5.41) is 4.94. The predicted molar refractivity (Wildman–Crippen MR) is 423 cm³/mol. The van der Waals surface area contributed by atoms with Gasteiger partial charge in [0.1, 0.15) is 0 Å². The van der Waals surface area contributed by atoms with Crippen LogP contribution in [0.5, 0.6) is 0 Å². The van der Waals surface area contributed by atoms with E-state index in [2.05, 4.69) is 419 Å². The van der Waals surface area contributed by atoms with Crippen molar-refractivity contribution >= 4 is 77.7 Å². The first-order valence-electron chi connectivity index (χ1n) is 34.3. The Labute approximate surface area is 582 Å². The van der Waals surface area contributed by atoms with Gasteiger partial charge < -0.3 is 18.9 Å². The van der Waals surface area contributed by atoms with E-state index < -0.39 is 0 Å². The smallest absolute Gasteiger partial charge is 0.0547 e. The van der Waals surface area contributed by atoms with Crippen molar-refractivity contribution in [2.45, 2.75) is 0 Å². The second-order valence-corrected chi connectivity index (χ2v) is 25.7. The molecule has 0 N–H and O–H groups in total. The van der Waals surface area contributed by atoms with Crippen molar-refractivity contribution < 1.29 is 0 Å². The number of benzene rings is 16. The first-order chi connectivity index (χ1) is 49.6. The molecule has 4 nitrogen and oxygen atoms in total. The normalized spacial score (nSPS) is 11.4. The van der Waals surface area contributed by atoms with Crippen molar-refractivity contribution in [2.24, 2.45) is 0 Å². The van der Waals surface area contributed by atoms with E-state index in [1.807, 2.05) is 0 Å². The zero-order valence-electron chi connectivity index (χ0n) is 54.9. The summed E-state index contributed by atoms with van der Waals surface area (Å²) in [7, 11) is 0. The molecule has 2 aromatic heterocycles. The standard InChI is InChI=1S/C96H66N4/c1-4-20-67(21-5-1)70-38-51-80(52-39-70)97(84-59-46-74(47-60-84)78-28-19-29-86(65-78)99-93-35-15-11-31-88(93)89-32-12-16-36-94(89)99)83-57-44-73(45-58-83)76-26-18-27-77(64-76)79-50-63-91-90-33-13-17-37-95(90)100(96(91)66-79)92-34-14-10-30-87(92)75-48-61-85(62-49-75)98(81-53-40-71(41-54-81)68-22-6-2-7-23-68)82-55-42-72(43-56-82)69-24-8-3-9-25-69/h1-66H. The third-order valence-corrected chi connectivity index (χ3v) is 19.8. The van der Waals surface area contributed by atoms with Gasteiger partial charge in [-0.15, -0.1) is 0 Å². The lowest BCUT2D eigenvalue weighted by molar-refractivity contribution is 1.18. The Morgan fingerprint density at radius 3 is 0.870 bits per heavy atom. The minimum Gasteiger partial charge on any atom is -0.311 e. The Morgan fingerprint density at radius 1 is 0.160 bits per heavy atom. The van der Waals surface area contributed by atoms with Crippen molar-refractivity contribution in [1.29, 1.82) is 0 Å². The number of hydrogen-bond donors (Lipinski definition) is 0. The molecule has 18 rings (SSSR count). The van der Waals surface area contributed by atoms with E-state index in [4.69, 9.17) is 0 Å². The molecule has 16 aromatic carbocycles. The zero-order valence-corrected chi connectivity index (χ0v) is 54.9. The van der Waals surface area contributed by atoms with Crippen LogP contribution in [-0.4, -0.2) is 9.13 Å². The number of fused-ring (bicyclic) bond motifs is 6. The van der Waals surface area contributed by atoms with Crippen molar-refractivity contribution in [3.8, 4) is 89.3 Å². The molecule has 0 unspecified atom stereocenters. The van der Waals surface area contributed by atoms with Crippen molar-refractivity contribution in [3.05, 3.63) is 400 Å². The van der Waals surface area contributed by atoms with Gasteiger partial charge in [-0.3, -0.25) is 0 Å².